The lowest BCUT2D eigenvalue weighted by atomic mass is 9.87. The molecule has 2 aromatic carbocycles. The zero-order valence-electron chi connectivity index (χ0n) is 16.7. The Labute approximate surface area is 176 Å². The predicted molar refractivity (Wildman–Crippen MR) is 119 cm³/mol. The van der Waals surface area contributed by atoms with Crippen molar-refractivity contribution >= 4 is 23.2 Å². The molecule has 1 aliphatic rings. The van der Waals surface area contributed by atoms with Gasteiger partial charge in [0, 0.05) is 24.1 Å². The van der Waals surface area contributed by atoms with E-state index in [0.29, 0.717) is 42.8 Å². The maximum absolute atomic E-state index is 12.4. The Hall–Kier alpha value is -3.74. The van der Waals surface area contributed by atoms with Crippen molar-refractivity contribution in [3.63, 3.8) is 0 Å². The van der Waals surface area contributed by atoms with Gasteiger partial charge in [-0.05, 0) is 66.8 Å². The fourth-order valence-electron chi connectivity index (χ4n) is 3.24. The molecule has 1 unspecified atom stereocenters. The number of amides is 2. The normalized spacial score (nSPS) is 17.7. The van der Waals surface area contributed by atoms with E-state index in [0.717, 1.165) is 11.1 Å². The Balaban J connectivity index is 1.54. The fourth-order valence-corrected chi connectivity index (χ4v) is 3.24. The van der Waals surface area contributed by atoms with E-state index in [2.05, 4.69) is 10.6 Å². The molecule has 0 saturated carbocycles. The summed E-state index contributed by atoms with van der Waals surface area (Å²) in [4.78, 5) is 24.5. The lowest BCUT2D eigenvalue weighted by molar-refractivity contribution is -0.123. The fraction of sp³-hybridized carbons (Fsp3) is 0.217. The zero-order chi connectivity index (χ0) is 21.6. The third kappa shape index (κ3) is 5.20. The molecule has 0 radical (unpaired) electrons. The molecule has 0 bridgehead atoms. The quantitative estimate of drug-likeness (QED) is 0.423. The summed E-state index contributed by atoms with van der Waals surface area (Å²) >= 11 is 0. The van der Waals surface area contributed by atoms with Gasteiger partial charge in [-0.3, -0.25) is 9.59 Å². The molecule has 2 amide bonds. The summed E-state index contributed by atoms with van der Waals surface area (Å²) in [5.41, 5.74) is 20.0. The lowest BCUT2D eigenvalue weighted by Crippen LogP contribution is -2.53. The minimum absolute atomic E-state index is 0.217. The van der Waals surface area contributed by atoms with E-state index in [-0.39, 0.29) is 5.91 Å². The zero-order valence-corrected chi connectivity index (χ0v) is 16.7. The molecule has 156 valence electrons. The van der Waals surface area contributed by atoms with E-state index >= 15 is 0 Å². The molecule has 1 heterocycles. The highest BCUT2D eigenvalue weighted by Crippen LogP contribution is 2.21. The summed E-state index contributed by atoms with van der Waals surface area (Å²) in [5, 5.41) is 5.91. The van der Waals surface area contributed by atoms with Crippen LogP contribution in [0.3, 0.4) is 0 Å². The topological polar surface area (TPSA) is 136 Å². The number of primary amides is 1. The molecule has 0 saturated heterocycles. The first kappa shape index (κ1) is 21.0. The van der Waals surface area contributed by atoms with Crippen LogP contribution in [0.1, 0.15) is 17.5 Å². The van der Waals surface area contributed by atoms with Crippen LogP contribution in [-0.2, 0) is 22.4 Å². The minimum atomic E-state index is -1.03. The standard InChI is InChI=1S/C23H27N5O2/c24-19-5-1-16(2-6-19)9-12-23(22(26)30)13-10-18(15-28-23)21(29)27-14-11-17-3-7-20(25)8-4-17/h1-8,10,13,15,28H,9,11-12,14,24-25H2,(H2,26,30)(H,27,29). The highest BCUT2D eigenvalue weighted by Gasteiger charge is 2.34. The smallest absolute Gasteiger partial charge is 0.252 e. The van der Waals surface area contributed by atoms with Crippen molar-refractivity contribution in [1.29, 1.82) is 0 Å². The predicted octanol–water partition coefficient (Wildman–Crippen LogP) is 1.41. The van der Waals surface area contributed by atoms with Crippen LogP contribution in [0.15, 0.2) is 72.5 Å². The van der Waals surface area contributed by atoms with Gasteiger partial charge in [-0.25, -0.2) is 0 Å². The van der Waals surface area contributed by atoms with Crippen molar-refractivity contribution in [1.82, 2.24) is 10.6 Å². The third-order valence-electron chi connectivity index (χ3n) is 5.20. The number of anilines is 2. The van der Waals surface area contributed by atoms with Crippen LogP contribution in [-0.4, -0.2) is 23.9 Å². The number of rotatable bonds is 8. The molecule has 0 fully saturated rings. The molecule has 2 aromatic rings. The van der Waals surface area contributed by atoms with Crippen molar-refractivity contribution in [2.75, 3.05) is 18.0 Å². The van der Waals surface area contributed by atoms with Gasteiger partial charge in [0.15, 0.2) is 0 Å². The van der Waals surface area contributed by atoms with E-state index in [1.54, 1.807) is 18.4 Å². The van der Waals surface area contributed by atoms with Crippen molar-refractivity contribution in [2.24, 2.45) is 5.73 Å². The molecular formula is C23H27N5O2. The van der Waals surface area contributed by atoms with Crippen molar-refractivity contribution in [3.05, 3.63) is 83.6 Å². The number of hydrogen-bond acceptors (Lipinski definition) is 5. The number of carbonyl (C=O) groups is 2. The van der Waals surface area contributed by atoms with Crippen molar-refractivity contribution < 1.29 is 9.59 Å². The number of nitrogens with one attached hydrogen (secondary N) is 2. The first-order chi connectivity index (χ1) is 14.4. The van der Waals surface area contributed by atoms with Gasteiger partial charge in [0.05, 0.1) is 5.57 Å². The summed E-state index contributed by atoms with van der Waals surface area (Å²) in [6.45, 7) is 0.492. The maximum Gasteiger partial charge on any atom is 0.252 e. The average molecular weight is 406 g/mol. The molecule has 3 rings (SSSR count). The molecule has 0 aliphatic carbocycles. The molecule has 1 aliphatic heterocycles. The first-order valence-electron chi connectivity index (χ1n) is 9.82. The van der Waals surface area contributed by atoms with Crippen LogP contribution in [0.5, 0.6) is 0 Å². The van der Waals surface area contributed by atoms with Gasteiger partial charge in [-0.15, -0.1) is 0 Å². The summed E-state index contributed by atoms with van der Waals surface area (Å²) in [5.74, 6) is -0.709. The maximum atomic E-state index is 12.4. The molecule has 8 N–H and O–H groups in total. The molecule has 0 aromatic heterocycles. The Morgan fingerprint density at radius 1 is 0.900 bits per heavy atom. The second-order valence-electron chi connectivity index (χ2n) is 7.40. The highest BCUT2D eigenvalue weighted by molar-refractivity contribution is 5.97. The largest absolute Gasteiger partial charge is 0.399 e. The summed E-state index contributed by atoms with van der Waals surface area (Å²) < 4.78 is 0. The second-order valence-corrected chi connectivity index (χ2v) is 7.40. The van der Waals surface area contributed by atoms with E-state index in [4.69, 9.17) is 17.2 Å². The highest BCUT2D eigenvalue weighted by atomic mass is 16.2. The van der Waals surface area contributed by atoms with Gasteiger partial charge in [0.25, 0.3) is 5.91 Å². The van der Waals surface area contributed by atoms with E-state index in [9.17, 15) is 9.59 Å². The third-order valence-corrected chi connectivity index (χ3v) is 5.20. The van der Waals surface area contributed by atoms with Gasteiger partial charge in [0.2, 0.25) is 5.91 Å². The molecule has 1 atom stereocenters. The van der Waals surface area contributed by atoms with Crippen molar-refractivity contribution in [3.8, 4) is 0 Å². The van der Waals surface area contributed by atoms with Crippen LogP contribution < -0.4 is 27.8 Å². The summed E-state index contributed by atoms with van der Waals surface area (Å²) in [6.07, 6.45) is 6.66. The number of dihydropyridines is 1. The summed E-state index contributed by atoms with van der Waals surface area (Å²) in [6, 6.07) is 15.0. The van der Waals surface area contributed by atoms with Gasteiger partial charge in [-0.1, -0.05) is 24.3 Å². The van der Waals surface area contributed by atoms with Crippen molar-refractivity contribution in [2.45, 2.75) is 24.8 Å². The van der Waals surface area contributed by atoms with Crippen LogP contribution in [0, 0.1) is 0 Å². The molecule has 7 nitrogen and oxygen atoms in total. The monoisotopic (exact) mass is 405 g/mol. The Morgan fingerprint density at radius 2 is 1.47 bits per heavy atom. The Bertz CT molecular complexity index is 964. The number of benzene rings is 2. The van der Waals surface area contributed by atoms with Crippen LogP contribution in [0.4, 0.5) is 11.4 Å². The van der Waals surface area contributed by atoms with Crippen LogP contribution >= 0.6 is 0 Å². The molecule has 0 spiro atoms. The lowest BCUT2D eigenvalue weighted by Gasteiger charge is -2.31. The number of aryl methyl sites for hydroxylation is 1. The molecular weight excluding hydrogens is 378 g/mol. The van der Waals surface area contributed by atoms with Crippen LogP contribution in [0.25, 0.3) is 0 Å². The number of carbonyl (C=O) groups excluding carboxylic acids is 2. The van der Waals surface area contributed by atoms with Gasteiger partial charge in [0.1, 0.15) is 5.54 Å². The van der Waals surface area contributed by atoms with E-state index < -0.39 is 11.4 Å². The Morgan fingerprint density at radius 3 is 1.97 bits per heavy atom. The van der Waals surface area contributed by atoms with E-state index in [1.807, 2.05) is 48.5 Å². The number of hydrogen-bond donors (Lipinski definition) is 5. The summed E-state index contributed by atoms with van der Waals surface area (Å²) in [7, 11) is 0. The SMILES string of the molecule is NC(=O)C1(CCc2ccc(N)cc2)C=CC(C(=O)NCCc2ccc(N)cc2)=CN1. The van der Waals surface area contributed by atoms with Gasteiger partial charge in [-0.2, -0.15) is 0 Å². The number of nitrogens with two attached hydrogens (primary N) is 3. The first-order valence-corrected chi connectivity index (χ1v) is 9.82. The average Bonchev–Trinajstić information content (AvgIpc) is 2.75. The van der Waals surface area contributed by atoms with Crippen LogP contribution in [0.2, 0.25) is 0 Å². The Kier molecular flexibility index (Phi) is 6.41. The second kappa shape index (κ2) is 9.17. The van der Waals surface area contributed by atoms with Gasteiger partial charge < -0.3 is 27.8 Å². The van der Waals surface area contributed by atoms with E-state index in [1.165, 1.54) is 0 Å². The molecule has 30 heavy (non-hydrogen) atoms. The van der Waals surface area contributed by atoms with Gasteiger partial charge >= 0.3 is 0 Å². The number of nitrogen functional groups attached to an aromatic ring is 2. The molecule has 7 heteroatoms. The minimum Gasteiger partial charge on any atom is -0.399 e.